The largest absolute Gasteiger partial charge is 0.387 e. The van der Waals surface area contributed by atoms with Gasteiger partial charge < -0.3 is 9.84 Å². The minimum absolute atomic E-state index is 0.296. The van der Waals surface area contributed by atoms with Crippen molar-refractivity contribution in [2.45, 2.75) is 37.4 Å². The summed E-state index contributed by atoms with van der Waals surface area (Å²) >= 11 is 0. The molecule has 2 aromatic rings. The molecular weight excluding hydrogens is 303 g/mol. The van der Waals surface area contributed by atoms with Crippen LogP contribution in [0.3, 0.4) is 0 Å². The Labute approximate surface area is 131 Å². The number of hydrogen-bond acceptors (Lipinski definition) is 4. The number of aliphatic hydroxyl groups is 1. The number of aromatic nitrogens is 2. The number of aromatic amines is 1. The number of alkyl halides is 1. The number of halogens is 1. The molecule has 1 aliphatic heterocycles. The minimum atomic E-state index is -2.17. The van der Waals surface area contributed by atoms with Gasteiger partial charge in [-0.25, -0.2) is 9.18 Å². The summed E-state index contributed by atoms with van der Waals surface area (Å²) < 4.78 is 21.5. The van der Waals surface area contributed by atoms with Crippen LogP contribution in [0.4, 0.5) is 4.39 Å². The van der Waals surface area contributed by atoms with Crippen LogP contribution < -0.4 is 11.2 Å². The molecule has 0 spiro atoms. The highest BCUT2D eigenvalue weighted by molar-refractivity contribution is 5.16. The molecular formula is C16H16FN2O4. The van der Waals surface area contributed by atoms with Crippen molar-refractivity contribution in [1.29, 1.82) is 0 Å². The molecule has 0 saturated carbocycles. The number of nitrogens with one attached hydrogen (secondary N) is 1. The quantitative estimate of drug-likeness (QED) is 0.866. The normalized spacial score (nSPS) is 30.5. The van der Waals surface area contributed by atoms with Crippen LogP contribution in [0.5, 0.6) is 0 Å². The van der Waals surface area contributed by atoms with Gasteiger partial charge in [-0.05, 0) is 18.6 Å². The topological polar surface area (TPSA) is 84.3 Å². The van der Waals surface area contributed by atoms with Gasteiger partial charge in [-0.1, -0.05) is 24.3 Å². The molecule has 1 aromatic heterocycles. The lowest BCUT2D eigenvalue weighted by atomic mass is 9.95. The minimum Gasteiger partial charge on any atom is -0.387 e. The maximum Gasteiger partial charge on any atom is 0.330 e. The molecule has 2 N–H and O–H groups in total. The molecule has 4 atom stereocenters. The molecule has 1 radical (unpaired) electrons. The third kappa shape index (κ3) is 2.85. The first kappa shape index (κ1) is 15.6. The zero-order chi connectivity index (χ0) is 16.6. The van der Waals surface area contributed by atoms with Crippen molar-refractivity contribution in [3.8, 4) is 0 Å². The maximum atomic E-state index is 15.0. The number of benzene rings is 1. The molecule has 0 aliphatic carbocycles. The van der Waals surface area contributed by atoms with E-state index in [0.717, 1.165) is 22.4 Å². The molecule has 1 aromatic carbocycles. The van der Waals surface area contributed by atoms with Gasteiger partial charge in [0, 0.05) is 18.7 Å². The van der Waals surface area contributed by atoms with E-state index in [-0.39, 0.29) is 0 Å². The Balaban J connectivity index is 1.91. The summed E-state index contributed by atoms with van der Waals surface area (Å²) in [6.07, 6.45) is -2.07. The van der Waals surface area contributed by atoms with Gasteiger partial charge in [0.1, 0.15) is 6.10 Å². The molecule has 0 unspecified atom stereocenters. The van der Waals surface area contributed by atoms with Crippen molar-refractivity contribution in [3.63, 3.8) is 0 Å². The van der Waals surface area contributed by atoms with E-state index in [4.69, 9.17) is 4.74 Å². The SMILES string of the molecule is C[C@@]1(F)[C@H](O)[C@@H](Cc2cc[c]cc2)O[C@H]1n1ccc(=O)[nH]c1=O. The van der Waals surface area contributed by atoms with Crippen molar-refractivity contribution in [2.75, 3.05) is 0 Å². The van der Waals surface area contributed by atoms with Gasteiger partial charge >= 0.3 is 5.69 Å². The first-order chi connectivity index (χ1) is 10.9. The highest BCUT2D eigenvalue weighted by Gasteiger charge is 2.55. The number of ether oxygens (including phenoxy) is 1. The average molecular weight is 319 g/mol. The Kier molecular flexibility index (Phi) is 3.91. The summed E-state index contributed by atoms with van der Waals surface area (Å²) in [6.45, 7) is 1.18. The van der Waals surface area contributed by atoms with E-state index in [1.165, 1.54) is 6.92 Å². The van der Waals surface area contributed by atoms with Crippen LogP contribution in [0.2, 0.25) is 0 Å². The molecule has 1 aliphatic rings. The average Bonchev–Trinajstić information content (AvgIpc) is 2.72. The first-order valence-electron chi connectivity index (χ1n) is 7.18. The van der Waals surface area contributed by atoms with Crippen molar-refractivity contribution in [2.24, 2.45) is 0 Å². The van der Waals surface area contributed by atoms with Gasteiger partial charge in [-0.15, -0.1) is 0 Å². The van der Waals surface area contributed by atoms with Crippen LogP contribution in [-0.2, 0) is 11.2 Å². The van der Waals surface area contributed by atoms with Crippen LogP contribution >= 0.6 is 0 Å². The molecule has 0 bridgehead atoms. The third-order valence-corrected chi connectivity index (χ3v) is 4.04. The fraction of sp³-hybridized carbons (Fsp3) is 0.375. The zero-order valence-corrected chi connectivity index (χ0v) is 12.4. The van der Waals surface area contributed by atoms with Gasteiger partial charge in [-0.3, -0.25) is 14.3 Å². The number of aliphatic hydroxyl groups excluding tert-OH is 1. The summed E-state index contributed by atoms with van der Waals surface area (Å²) in [4.78, 5) is 25.0. The van der Waals surface area contributed by atoms with E-state index in [9.17, 15) is 19.1 Å². The number of H-pyrrole nitrogens is 1. The predicted octanol–water partition coefficient (Wildman–Crippen LogP) is 0.566. The van der Waals surface area contributed by atoms with Crippen molar-refractivity contribution >= 4 is 0 Å². The molecule has 3 rings (SSSR count). The lowest BCUT2D eigenvalue weighted by molar-refractivity contribution is -0.0503. The molecule has 6 nitrogen and oxygen atoms in total. The predicted molar refractivity (Wildman–Crippen MR) is 79.7 cm³/mol. The van der Waals surface area contributed by atoms with Crippen molar-refractivity contribution in [3.05, 3.63) is 69.0 Å². The Hall–Kier alpha value is -2.25. The fourth-order valence-electron chi connectivity index (χ4n) is 2.78. The van der Waals surface area contributed by atoms with E-state index in [1.807, 2.05) is 0 Å². The third-order valence-electron chi connectivity index (χ3n) is 4.04. The van der Waals surface area contributed by atoms with E-state index < -0.39 is 35.4 Å². The molecule has 1 saturated heterocycles. The van der Waals surface area contributed by atoms with Crippen molar-refractivity contribution in [1.82, 2.24) is 9.55 Å². The van der Waals surface area contributed by atoms with E-state index in [0.29, 0.717) is 6.42 Å². The molecule has 23 heavy (non-hydrogen) atoms. The number of nitrogens with zero attached hydrogens (tertiary/aromatic N) is 1. The lowest BCUT2D eigenvalue weighted by Gasteiger charge is -2.24. The smallest absolute Gasteiger partial charge is 0.330 e. The molecule has 121 valence electrons. The molecule has 2 heterocycles. The maximum absolute atomic E-state index is 15.0. The van der Waals surface area contributed by atoms with Crippen LogP contribution in [0, 0.1) is 6.07 Å². The Morgan fingerprint density at radius 1 is 1.39 bits per heavy atom. The highest BCUT2D eigenvalue weighted by atomic mass is 19.1. The van der Waals surface area contributed by atoms with Crippen LogP contribution in [0.1, 0.15) is 18.7 Å². The molecule has 0 amide bonds. The van der Waals surface area contributed by atoms with Gasteiger partial charge in [-0.2, -0.15) is 0 Å². The standard InChI is InChI=1S/C16H16FN2O4/c1-16(17)13(21)11(9-10-5-3-2-4-6-10)23-14(16)19-8-7-12(20)18-15(19)22/h3-8,11,13-14,21H,9H2,1H3,(H,18,20,22)/t11-,13-,14-,16-/m1/s1. The summed E-state index contributed by atoms with van der Waals surface area (Å²) in [5.74, 6) is 0. The van der Waals surface area contributed by atoms with Crippen LogP contribution in [-0.4, -0.2) is 32.5 Å². The monoisotopic (exact) mass is 319 g/mol. The second kappa shape index (κ2) is 5.75. The highest BCUT2D eigenvalue weighted by Crippen LogP contribution is 2.41. The Morgan fingerprint density at radius 2 is 2.09 bits per heavy atom. The zero-order valence-electron chi connectivity index (χ0n) is 12.4. The van der Waals surface area contributed by atoms with E-state index >= 15 is 0 Å². The van der Waals surface area contributed by atoms with Crippen LogP contribution in [0.15, 0.2) is 46.1 Å². The van der Waals surface area contributed by atoms with Gasteiger partial charge in [0.05, 0.1) is 6.10 Å². The molecule has 7 heteroatoms. The second-order valence-corrected chi connectivity index (χ2v) is 5.75. The van der Waals surface area contributed by atoms with E-state index in [1.54, 1.807) is 24.3 Å². The van der Waals surface area contributed by atoms with E-state index in [2.05, 4.69) is 11.1 Å². The number of rotatable bonds is 3. The second-order valence-electron chi connectivity index (χ2n) is 5.75. The summed E-state index contributed by atoms with van der Waals surface area (Å²) in [5.41, 5.74) is -2.68. The van der Waals surface area contributed by atoms with Crippen LogP contribution in [0.25, 0.3) is 0 Å². The molecule has 1 fully saturated rings. The van der Waals surface area contributed by atoms with Gasteiger partial charge in [0.25, 0.3) is 5.56 Å². The summed E-state index contributed by atoms with van der Waals surface area (Å²) in [5, 5.41) is 10.3. The van der Waals surface area contributed by atoms with Gasteiger partial charge in [0.2, 0.25) is 0 Å². The van der Waals surface area contributed by atoms with Crippen molar-refractivity contribution < 1.29 is 14.2 Å². The summed E-state index contributed by atoms with van der Waals surface area (Å²) in [6, 6.07) is 11.0. The number of hydrogen-bond donors (Lipinski definition) is 2. The Morgan fingerprint density at radius 3 is 2.74 bits per heavy atom. The lowest BCUT2D eigenvalue weighted by Crippen LogP contribution is -2.43. The Bertz CT molecular complexity index is 799. The van der Waals surface area contributed by atoms with Gasteiger partial charge in [0.15, 0.2) is 11.9 Å². The first-order valence-corrected chi connectivity index (χ1v) is 7.18. The summed E-state index contributed by atoms with van der Waals surface area (Å²) in [7, 11) is 0. The fourth-order valence-corrected chi connectivity index (χ4v) is 2.78.